The fourth-order valence-electron chi connectivity index (χ4n) is 2.57. The Bertz CT molecular complexity index is 517. The maximum Gasteiger partial charge on any atom is 0.346 e. The van der Waals surface area contributed by atoms with E-state index in [1.807, 2.05) is 13.0 Å². The molecular formula is C19H38O6P2. The molecule has 160 valence electrons. The molecule has 0 atom stereocenters. The van der Waals surface area contributed by atoms with E-state index in [9.17, 15) is 9.13 Å². The van der Waals surface area contributed by atoms with Gasteiger partial charge in [0.15, 0.2) is 5.40 Å². The Hall–Kier alpha value is -0.220. The molecule has 0 saturated carbocycles. The van der Waals surface area contributed by atoms with Gasteiger partial charge >= 0.3 is 15.2 Å². The van der Waals surface area contributed by atoms with E-state index in [1.54, 1.807) is 27.7 Å². The van der Waals surface area contributed by atoms with Crippen molar-refractivity contribution in [3.05, 3.63) is 23.3 Å². The van der Waals surface area contributed by atoms with Crippen molar-refractivity contribution in [3.8, 4) is 0 Å². The summed E-state index contributed by atoms with van der Waals surface area (Å²) < 4.78 is 48.7. The first kappa shape index (κ1) is 26.8. The van der Waals surface area contributed by atoms with Crippen LogP contribution in [0.25, 0.3) is 0 Å². The standard InChI is InChI=1S/C19H38O6P2/c1-8-22-26(20,23-9-2)19(27(21,24-10-3)25-11-4)16-15-18(7)14-12-13-17(5)6/h13,15,19H,8-12,14,16H2,1-7H3. The fourth-order valence-corrected chi connectivity index (χ4v) is 7.76. The predicted octanol–water partition coefficient (Wildman–Crippen LogP) is 6.93. The Morgan fingerprint density at radius 2 is 1.19 bits per heavy atom. The summed E-state index contributed by atoms with van der Waals surface area (Å²) in [6.07, 6.45) is 6.16. The molecule has 0 amide bonds. The summed E-state index contributed by atoms with van der Waals surface area (Å²) in [6.45, 7) is 13.8. The molecule has 0 aliphatic heterocycles. The highest BCUT2D eigenvalue weighted by Crippen LogP contribution is 2.71. The lowest BCUT2D eigenvalue weighted by molar-refractivity contribution is 0.195. The molecule has 0 unspecified atom stereocenters. The second kappa shape index (κ2) is 13.9. The van der Waals surface area contributed by atoms with Gasteiger partial charge in [0, 0.05) is 0 Å². The van der Waals surface area contributed by atoms with Gasteiger partial charge in [-0.1, -0.05) is 23.3 Å². The van der Waals surface area contributed by atoms with Crippen LogP contribution in [-0.2, 0) is 27.2 Å². The van der Waals surface area contributed by atoms with Gasteiger partial charge in [-0.05, 0) is 67.7 Å². The zero-order valence-corrected chi connectivity index (χ0v) is 19.8. The van der Waals surface area contributed by atoms with Crippen LogP contribution in [0.5, 0.6) is 0 Å². The Balaban J connectivity index is 5.73. The zero-order chi connectivity index (χ0) is 20.9. The van der Waals surface area contributed by atoms with Crippen LogP contribution in [0.3, 0.4) is 0 Å². The maximum absolute atomic E-state index is 13.4. The third-order valence-electron chi connectivity index (χ3n) is 3.73. The highest BCUT2D eigenvalue weighted by molar-refractivity contribution is 7.72. The Morgan fingerprint density at radius 1 is 0.778 bits per heavy atom. The largest absolute Gasteiger partial charge is 0.346 e. The van der Waals surface area contributed by atoms with Crippen LogP contribution < -0.4 is 0 Å². The minimum Gasteiger partial charge on any atom is -0.308 e. The molecule has 0 spiro atoms. The van der Waals surface area contributed by atoms with Gasteiger partial charge in [0.25, 0.3) is 0 Å². The second-order valence-corrected chi connectivity index (χ2v) is 11.2. The smallest absolute Gasteiger partial charge is 0.308 e. The molecule has 0 rings (SSSR count). The van der Waals surface area contributed by atoms with Gasteiger partial charge in [0.05, 0.1) is 26.4 Å². The zero-order valence-electron chi connectivity index (χ0n) is 18.0. The molecular weight excluding hydrogens is 386 g/mol. The van der Waals surface area contributed by atoms with Crippen LogP contribution in [-0.4, -0.2) is 31.8 Å². The molecule has 27 heavy (non-hydrogen) atoms. The molecule has 0 bridgehead atoms. The second-order valence-electron chi connectivity index (χ2n) is 6.34. The van der Waals surface area contributed by atoms with E-state index in [1.165, 1.54) is 5.57 Å². The number of hydrogen-bond donors (Lipinski definition) is 0. The summed E-state index contributed by atoms with van der Waals surface area (Å²) in [5.74, 6) is 0. The number of allylic oxidation sites excluding steroid dienone is 4. The van der Waals surface area contributed by atoms with Crippen molar-refractivity contribution in [1.29, 1.82) is 0 Å². The van der Waals surface area contributed by atoms with Crippen LogP contribution in [0, 0.1) is 0 Å². The molecule has 0 aliphatic carbocycles. The van der Waals surface area contributed by atoms with Gasteiger partial charge in [-0.2, -0.15) is 0 Å². The molecule has 0 aromatic carbocycles. The van der Waals surface area contributed by atoms with E-state index in [0.717, 1.165) is 18.4 Å². The fraction of sp³-hybridized carbons (Fsp3) is 0.789. The topological polar surface area (TPSA) is 71.1 Å². The normalized spacial score (nSPS) is 13.3. The molecule has 0 saturated heterocycles. The molecule has 0 N–H and O–H groups in total. The third-order valence-corrected chi connectivity index (χ3v) is 9.79. The lowest BCUT2D eigenvalue weighted by atomic mass is 10.1. The van der Waals surface area contributed by atoms with Gasteiger partial charge < -0.3 is 18.1 Å². The lowest BCUT2D eigenvalue weighted by Crippen LogP contribution is -2.17. The van der Waals surface area contributed by atoms with Crippen LogP contribution in [0.2, 0.25) is 0 Å². The lowest BCUT2D eigenvalue weighted by Gasteiger charge is -2.30. The van der Waals surface area contributed by atoms with Gasteiger partial charge in [0.1, 0.15) is 0 Å². The quantitative estimate of drug-likeness (QED) is 0.210. The van der Waals surface area contributed by atoms with Gasteiger partial charge in [-0.25, -0.2) is 0 Å². The van der Waals surface area contributed by atoms with Crippen LogP contribution in [0.15, 0.2) is 23.3 Å². The van der Waals surface area contributed by atoms with Gasteiger partial charge in [-0.3, -0.25) is 9.13 Å². The maximum atomic E-state index is 13.4. The van der Waals surface area contributed by atoms with Gasteiger partial charge in [0.2, 0.25) is 0 Å². The summed E-state index contributed by atoms with van der Waals surface area (Å²) in [5, 5.41) is -0.983. The van der Waals surface area contributed by atoms with Crippen LogP contribution in [0.1, 0.15) is 67.7 Å². The molecule has 0 aromatic heterocycles. The van der Waals surface area contributed by atoms with Crippen molar-refractivity contribution in [3.63, 3.8) is 0 Å². The summed E-state index contributed by atoms with van der Waals surface area (Å²) >= 11 is 0. The minimum atomic E-state index is -3.68. The molecule has 0 fully saturated rings. The first-order valence-corrected chi connectivity index (χ1v) is 13.0. The van der Waals surface area contributed by atoms with Crippen molar-refractivity contribution in [2.75, 3.05) is 26.4 Å². The van der Waals surface area contributed by atoms with E-state index >= 15 is 0 Å². The monoisotopic (exact) mass is 424 g/mol. The van der Waals surface area contributed by atoms with Gasteiger partial charge in [-0.15, -0.1) is 0 Å². The predicted molar refractivity (Wildman–Crippen MR) is 113 cm³/mol. The molecule has 0 heterocycles. The Morgan fingerprint density at radius 3 is 1.52 bits per heavy atom. The van der Waals surface area contributed by atoms with E-state index < -0.39 is 20.6 Å². The highest BCUT2D eigenvalue weighted by Gasteiger charge is 2.50. The first-order chi connectivity index (χ1) is 12.7. The highest BCUT2D eigenvalue weighted by atomic mass is 31.2. The molecule has 0 aromatic rings. The molecule has 0 aliphatic rings. The van der Waals surface area contributed by atoms with Crippen molar-refractivity contribution in [1.82, 2.24) is 0 Å². The first-order valence-electron chi connectivity index (χ1n) is 9.75. The van der Waals surface area contributed by atoms with Crippen molar-refractivity contribution in [2.24, 2.45) is 0 Å². The SMILES string of the molecule is CCOP(=O)(OCC)C(CC=C(C)CCC=C(C)C)P(=O)(OCC)OCC. The minimum absolute atomic E-state index is 0.190. The molecule has 8 heteroatoms. The summed E-state index contributed by atoms with van der Waals surface area (Å²) in [5.41, 5.74) is 2.40. The van der Waals surface area contributed by atoms with Crippen molar-refractivity contribution in [2.45, 2.75) is 73.1 Å². The van der Waals surface area contributed by atoms with Crippen molar-refractivity contribution >= 4 is 15.2 Å². The summed E-state index contributed by atoms with van der Waals surface area (Å²) in [4.78, 5) is 0. The summed E-state index contributed by atoms with van der Waals surface area (Å²) in [7, 11) is -7.36. The van der Waals surface area contributed by atoms with E-state index in [0.29, 0.717) is 0 Å². The van der Waals surface area contributed by atoms with E-state index in [4.69, 9.17) is 18.1 Å². The van der Waals surface area contributed by atoms with E-state index in [-0.39, 0.29) is 32.8 Å². The number of rotatable bonds is 15. The van der Waals surface area contributed by atoms with E-state index in [2.05, 4.69) is 19.9 Å². The summed E-state index contributed by atoms with van der Waals surface area (Å²) in [6, 6.07) is 0. The van der Waals surface area contributed by atoms with Crippen LogP contribution in [0.4, 0.5) is 0 Å². The Labute approximate surface area is 165 Å². The average Bonchev–Trinajstić information content (AvgIpc) is 2.55. The number of hydrogen-bond acceptors (Lipinski definition) is 6. The Kier molecular flexibility index (Phi) is 13.8. The third kappa shape index (κ3) is 9.69. The molecule has 0 radical (unpaired) electrons. The van der Waals surface area contributed by atoms with Crippen molar-refractivity contribution < 1.29 is 27.2 Å². The van der Waals surface area contributed by atoms with Crippen LogP contribution >= 0.6 is 15.2 Å². The molecule has 6 nitrogen and oxygen atoms in total. The average molecular weight is 424 g/mol.